The van der Waals surface area contributed by atoms with Crippen LogP contribution >= 0.6 is 0 Å². The third-order valence-corrected chi connectivity index (χ3v) is 8.35. The van der Waals surface area contributed by atoms with Gasteiger partial charge in [0.2, 0.25) is 0 Å². The lowest BCUT2D eigenvalue weighted by molar-refractivity contribution is 1.06. The first-order valence-electron chi connectivity index (χ1n) is 14.6. The fourth-order valence-corrected chi connectivity index (χ4v) is 6.22. The summed E-state index contributed by atoms with van der Waals surface area (Å²) in [6.07, 6.45) is 1.86. The molecule has 0 bridgehead atoms. The van der Waals surface area contributed by atoms with E-state index in [-0.39, 0.29) is 0 Å². The molecule has 0 saturated carbocycles. The molecule has 0 spiro atoms. The van der Waals surface area contributed by atoms with Crippen LogP contribution in [0.5, 0.6) is 0 Å². The van der Waals surface area contributed by atoms with Crippen LogP contribution < -0.4 is 0 Å². The maximum Gasteiger partial charge on any atom is 0.182 e. The van der Waals surface area contributed by atoms with Gasteiger partial charge in [0, 0.05) is 38.9 Å². The monoisotopic (exact) mass is 561 g/mol. The normalized spacial score (nSPS) is 11.6. The summed E-state index contributed by atoms with van der Waals surface area (Å²) in [4.78, 5) is 24.5. The molecule has 0 radical (unpaired) electrons. The van der Waals surface area contributed by atoms with Crippen LogP contribution in [0.2, 0.25) is 0 Å². The van der Waals surface area contributed by atoms with Gasteiger partial charge in [-0.25, -0.2) is 19.9 Å². The standard InChI is InChI=1S/C39H23N5/c1-3-8-26(9-4-1)37-42-38(27-10-5-2-6-11-27)44-39(43-37)34-22-15-25-14-17-31-29-18-20-32-30(16-13-24-12-7-23-40-35(24)32)28(29)19-21-33(31)36(25)41-34/h1-23H. The van der Waals surface area contributed by atoms with Crippen molar-refractivity contribution in [3.8, 4) is 34.3 Å². The van der Waals surface area contributed by atoms with Gasteiger partial charge in [-0.3, -0.25) is 4.98 Å². The molecular formula is C39H23N5. The van der Waals surface area contributed by atoms with E-state index in [2.05, 4.69) is 65.6 Å². The highest BCUT2D eigenvalue weighted by Crippen LogP contribution is 2.36. The minimum Gasteiger partial charge on any atom is -0.256 e. The smallest absolute Gasteiger partial charge is 0.182 e. The Balaban J connectivity index is 1.26. The van der Waals surface area contributed by atoms with Crippen molar-refractivity contribution in [2.75, 3.05) is 0 Å². The second kappa shape index (κ2) is 9.75. The number of fused-ring (bicyclic) bond motifs is 9. The number of aromatic nitrogens is 5. The van der Waals surface area contributed by atoms with Crippen LogP contribution in [0.4, 0.5) is 0 Å². The zero-order valence-electron chi connectivity index (χ0n) is 23.5. The predicted molar refractivity (Wildman–Crippen MR) is 179 cm³/mol. The van der Waals surface area contributed by atoms with E-state index in [9.17, 15) is 0 Å². The Labute approximate surface area is 252 Å². The van der Waals surface area contributed by atoms with Crippen LogP contribution in [0.15, 0.2) is 140 Å². The van der Waals surface area contributed by atoms with Crippen molar-refractivity contribution in [3.63, 3.8) is 0 Å². The van der Waals surface area contributed by atoms with E-state index in [0.717, 1.165) is 49.1 Å². The van der Waals surface area contributed by atoms with Crippen LogP contribution in [-0.4, -0.2) is 24.9 Å². The summed E-state index contributed by atoms with van der Waals surface area (Å²) >= 11 is 0. The molecule has 6 aromatic carbocycles. The predicted octanol–water partition coefficient (Wildman–Crippen LogP) is 9.43. The summed E-state index contributed by atoms with van der Waals surface area (Å²) in [6.45, 7) is 0. The second-order valence-electron chi connectivity index (χ2n) is 10.9. The minimum absolute atomic E-state index is 0.544. The van der Waals surface area contributed by atoms with Gasteiger partial charge in [0.1, 0.15) is 5.69 Å². The molecule has 0 N–H and O–H groups in total. The van der Waals surface area contributed by atoms with Gasteiger partial charge in [0.05, 0.1) is 11.0 Å². The molecule has 204 valence electrons. The van der Waals surface area contributed by atoms with Crippen LogP contribution in [-0.2, 0) is 0 Å². The number of hydrogen-bond acceptors (Lipinski definition) is 5. The quantitative estimate of drug-likeness (QED) is 0.201. The average Bonchev–Trinajstić information content (AvgIpc) is 3.11. The molecule has 0 aliphatic heterocycles. The maximum atomic E-state index is 5.19. The molecule has 0 fully saturated rings. The Hall–Kier alpha value is -6.07. The van der Waals surface area contributed by atoms with Crippen molar-refractivity contribution in [1.29, 1.82) is 0 Å². The van der Waals surface area contributed by atoms with Crippen LogP contribution in [0, 0.1) is 0 Å². The highest BCUT2D eigenvalue weighted by molar-refractivity contribution is 6.24. The fourth-order valence-electron chi connectivity index (χ4n) is 6.22. The largest absolute Gasteiger partial charge is 0.256 e. The average molecular weight is 562 g/mol. The van der Waals surface area contributed by atoms with E-state index in [1.807, 2.05) is 79.0 Å². The molecule has 0 amide bonds. The number of nitrogens with zero attached hydrogens (tertiary/aromatic N) is 5. The molecule has 44 heavy (non-hydrogen) atoms. The Morgan fingerprint density at radius 1 is 0.318 bits per heavy atom. The zero-order valence-corrected chi connectivity index (χ0v) is 23.5. The van der Waals surface area contributed by atoms with Gasteiger partial charge < -0.3 is 0 Å². The summed E-state index contributed by atoms with van der Waals surface area (Å²) in [5, 5.41) is 9.22. The van der Waals surface area contributed by atoms with E-state index in [0.29, 0.717) is 23.2 Å². The lowest BCUT2D eigenvalue weighted by Crippen LogP contribution is -2.01. The van der Waals surface area contributed by atoms with Crippen molar-refractivity contribution < 1.29 is 0 Å². The molecule has 0 aliphatic carbocycles. The maximum absolute atomic E-state index is 5.19. The van der Waals surface area contributed by atoms with Gasteiger partial charge in [-0.05, 0) is 33.7 Å². The van der Waals surface area contributed by atoms with E-state index in [1.54, 1.807) is 0 Å². The molecule has 3 aromatic heterocycles. The molecule has 3 heterocycles. The number of benzene rings is 6. The van der Waals surface area contributed by atoms with Gasteiger partial charge in [-0.1, -0.05) is 121 Å². The Morgan fingerprint density at radius 2 is 0.795 bits per heavy atom. The Morgan fingerprint density at radius 3 is 1.43 bits per heavy atom. The van der Waals surface area contributed by atoms with Crippen molar-refractivity contribution >= 4 is 54.1 Å². The molecule has 0 unspecified atom stereocenters. The summed E-state index contributed by atoms with van der Waals surface area (Å²) in [5.74, 6) is 1.78. The highest BCUT2D eigenvalue weighted by atomic mass is 15.0. The van der Waals surface area contributed by atoms with Gasteiger partial charge in [-0.15, -0.1) is 0 Å². The summed E-state index contributed by atoms with van der Waals surface area (Å²) in [6, 6.07) is 45.8. The van der Waals surface area contributed by atoms with Crippen LogP contribution in [0.3, 0.4) is 0 Å². The summed E-state index contributed by atoms with van der Waals surface area (Å²) < 4.78 is 0. The van der Waals surface area contributed by atoms with Gasteiger partial charge >= 0.3 is 0 Å². The Bertz CT molecular complexity index is 2490. The first-order valence-corrected chi connectivity index (χ1v) is 14.6. The molecule has 0 atom stereocenters. The second-order valence-corrected chi connectivity index (χ2v) is 10.9. The van der Waals surface area contributed by atoms with Crippen molar-refractivity contribution in [2.45, 2.75) is 0 Å². The minimum atomic E-state index is 0.544. The van der Waals surface area contributed by atoms with Gasteiger partial charge in [0.15, 0.2) is 17.5 Å². The van der Waals surface area contributed by atoms with E-state index < -0.39 is 0 Å². The lowest BCUT2D eigenvalue weighted by Gasteiger charge is -2.12. The third-order valence-electron chi connectivity index (χ3n) is 8.35. The first kappa shape index (κ1) is 24.5. The fraction of sp³-hybridized carbons (Fsp3) is 0. The lowest BCUT2D eigenvalue weighted by atomic mass is 9.94. The van der Waals surface area contributed by atoms with E-state index in [1.165, 1.54) is 16.2 Å². The summed E-state index contributed by atoms with van der Waals surface area (Å²) in [5.41, 5.74) is 4.52. The van der Waals surface area contributed by atoms with Crippen LogP contribution in [0.1, 0.15) is 0 Å². The SMILES string of the molecule is c1ccc(-c2nc(-c3ccccc3)nc(-c3ccc4ccc5c6ccc7c(ccc8cccnc87)c6ccc5c4n3)n2)cc1. The molecule has 5 nitrogen and oxygen atoms in total. The van der Waals surface area contributed by atoms with Gasteiger partial charge in [0.25, 0.3) is 0 Å². The van der Waals surface area contributed by atoms with Crippen molar-refractivity contribution in [2.24, 2.45) is 0 Å². The number of rotatable bonds is 3. The number of pyridine rings is 2. The number of hydrogen-bond donors (Lipinski definition) is 0. The zero-order chi connectivity index (χ0) is 29.0. The molecule has 0 aliphatic rings. The van der Waals surface area contributed by atoms with Crippen molar-refractivity contribution in [3.05, 3.63) is 140 Å². The molecule has 9 aromatic rings. The Kier molecular flexibility index (Phi) is 5.43. The molecule has 9 rings (SSSR count). The molecule has 0 saturated heterocycles. The first-order chi connectivity index (χ1) is 21.8. The molecule has 5 heteroatoms. The highest BCUT2D eigenvalue weighted by Gasteiger charge is 2.15. The van der Waals surface area contributed by atoms with Crippen LogP contribution in [0.25, 0.3) is 88.4 Å². The van der Waals surface area contributed by atoms with Gasteiger partial charge in [-0.2, -0.15) is 0 Å². The van der Waals surface area contributed by atoms with E-state index in [4.69, 9.17) is 19.9 Å². The topological polar surface area (TPSA) is 64.5 Å². The molecular weight excluding hydrogens is 538 g/mol. The summed E-state index contributed by atoms with van der Waals surface area (Å²) in [7, 11) is 0. The third kappa shape index (κ3) is 3.91. The van der Waals surface area contributed by atoms with E-state index >= 15 is 0 Å². The van der Waals surface area contributed by atoms with Crippen molar-refractivity contribution in [1.82, 2.24) is 24.9 Å².